The Morgan fingerprint density at radius 2 is 2.18 bits per heavy atom. The third kappa shape index (κ3) is 3.27. The molecule has 1 aliphatic carbocycles. The molecule has 0 radical (unpaired) electrons. The number of hydrogen-bond acceptors (Lipinski definition) is 2. The Morgan fingerprint density at radius 3 is 2.71 bits per heavy atom. The smallest absolute Gasteiger partial charge is 0.147 e. The Kier molecular flexibility index (Phi) is 4.95. The fraction of sp³-hybridized carbons (Fsp3) is 0.583. The molecule has 1 fully saturated rings. The Balaban J connectivity index is 2.17. The molecule has 0 aromatic carbocycles. The summed E-state index contributed by atoms with van der Waals surface area (Å²) in [5, 5.41) is 2.24. The topological polar surface area (TPSA) is 16.1 Å². The lowest BCUT2D eigenvalue weighted by atomic mass is 9.91. The van der Waals surface area contributed by atoms with Crippen LogP contribution in [0.1, 0.15) is 25.7 Å². The molecule has 1 aliphatic rings. The second-order valence-corrected chi connectivity index (χ2v) is 5.92. The van der Waals surface area contributed by atoms with Crippen LogP contribution in [0.5, 0.6) is 0 Å². The van der Waals surface area contributed by atoms with Gasteiger partial charge in [-0.15, -0.1) is 0 Å². The van der Waals surface area contributed by atoms with Crippen molar-refractivity contribution in [3.8, 4) is 0 Å². The standard InChI is InChI=1S/C12H15BrCl2N2/c13-5-2-6-17(10-3-1-4-10)12-11(15)7-9(14)8-16-12/h7-8,10H,1-6H2. The van der Waals surface area contributed by atoms with Gasteiger partial charge < -0.3 is 4.90 Å². The van der Waals surface area contributed by atoms with Gasteiger partial charge in [-0.25, -0.2) is 4.98 Å². The van der Waals surface area contributed by atoms with Crippen molar-refractivity contribution in [2.75, 3.05) is 16.8 Å². The zero-order chi connectivity index (χ0) is 12.3. The van der Waals surface area contributed by atoms with E-state index in [9.17, 15) is 0 Å². The number of pyridine rings is 1. The SMILES string of the molecule is Clc1cnc(N(CCCBr)C2CCC2)c(Cl)c1. The van der Waals surface area contributed by atoms with E-state index in [1.54, 1.807) is 12.3 Å². The van der Waals surface area contributed by atoms with Gasteiger partial charge in [0.1, 0.15) is 5.82 Å². The molecule has 0 aliphatic heterocycles. The zero-order valence-electron chi connectivity index (χ0n) is 9.50. The lowest BCUT2D eigenvalue weighted by molar-refractivity contribution is 0.384. The summed E-state index contributed by atoms with van der Waals surface area (Å²) in [6, 6.07) is 2.37. The first-order chi connectivity index (χ1) is 8.22. The van der Waals surface area contributed by atoms with Crippen LogP contribution in [-0.4, -0.2) is 22.9 Å². The third-order valence-electron chi connectivity index (χ3n) is 3.11. The molecule has 0 bridgehead atoms. The van der Waals surface area contributed by atoms with Gasteiger partial charge in [-0.2, -0.15) is 0 Å². The molecule has 5 heteroatoms. The second kappa shape index (κ2) is 6.26. The van der Waals surface area contributed by atoms with Crippen molar-refractivity contribution < 1.29 is 0 Å². The molecule has 0 spiro atoms. The number of nitrogens with zero attached hydrogens (tertiary/aromatic N) is 2. The highest BCUT2D eigenvalue weighted by molar-refractivity contribution is 9.09. The molecule has 17 heavy (non-hydrogen) atoms. The summed E-state index contributed by atoms with van der Waals surface area (Å²) in [5.74, 6) is 0.877. The van der Waals surface area contributed by atoms with Crippen molar-refractivity contribution in [1.29, 1.82) is 0 Å². The highest BCUT2D eigenvalue weighted by Crippen LogP contribution is 2.33. The van der Waals surface area contributed by atoms with Crippen molar-refractivity contribution in [3.05, 3.63) is 22.3 Å². The van der Waals surface area contributed by atoms with Crippen molar-refractivity contribution in [2.24, 2.45) is 0 Å². The van der Waals surface area contributed by atoms with E-state index in [0.717, 1.165) is 24.1 Å². The van der Waals surface area contributed by atoms with Gasteiger partial charge in [0.25, 0.3) is 0 Å². The van der Waals surface area contributed by atoms with E-state index in [2.05, 4.69) is 25.8 Å². The molecule has 94 valence electrons. The third-order valence-corrected chi connectivity index (χ3v) is 4.15. The average molecular weight is 338 g/mol. The summed E-state index contributed by atoms with van der Waals surface area (Å²) >= 11 is 15.6. The first-order valence-electron chi connectivity index (χ1n) is 5.86. The Bertz CT molecular complexity index is 383. The fourth-order valence-corrected chi connectivity index (χ4v) is 2.75. The van der Waals surface area contributed by atoms with Crippen LogP contribution >= 0.6 is 39.1 Å². The van der Waals surface area contributed by atoms with Crippen molar-refractivity contribution >= 4 is 44.9 Å². The minimum Gasteiger partial charge on any atom is -0.352 e. The minimum absolute atomic E-state index is 0.591. The van der Waals surface area contributed by atoms with Crippen molar-refractivity contribution in [1.82, 2.24) is 4.98 Å². The van der Waals surface area contributed by atoms with Crippen LogP contribution in [0.4, 0.5) is 5.82 Å². The summed E-state index contributed by atoms with van der Waals surface area (Å²) < 4.78 is 0. The fourth-order valence-electron chi connectivity index (χ4n) is 2.01. The zero-order valence-corrected chi connectivity index (χ0v) is 12.6. The maximum Gasteiger partial charge on any atom is 0.147 e. The quantitative estimate of drug-likeness (QED) is 0.733. The number of hydrogen-bond donors (Lipinski definition) is 0. The van der Waals surface area contributed by atoms with Gasteiger partial charge >= 0.3 is 0 Å². The molecule has 2 rings (SSSR count). The maximum atomic E-state index is 6.23. The maximum absolute atomic E-state index is 6.23. The molecule has 1 heterocycles. The van der Waals surface area contributed by atoms with Crippen LogP contribution in [0.25, 0.3) is 0 Å². The number of alkyl halides is 1. The molecule has 0 atom stereocenters. The summed E-state index contributed by atoms with van der Waals surface area (Å²) in [6.45, 7) is 0.990. The largest absolute Gasteiger partial charge is 0.352 e. The number of aromatic nitrogens is 1. The van der Waals surface area contributed by atoms with E-state index >= 15 is 0 Å². The van der Waals surface area contributed by atoms with Gasteiger partial charge in [0.2, 0.25) is 0 Å². The Hall–Kier alpha value is 0.01000. The van der Waals surface area contributed by atoms with Crippen LogP contribution in [0, 0.1) is 0 Å². The Morgan fingerprint density at radius 1 is 1.41 bits per heavy atom. The lowest BCUT2D eigenvalue weighted by Gasteiger charge is -2.38. The predicted molar refractivity (Wildman–Crippen MR) is 77.7 cm³/mol. The highest BCUT2D eigenvalue weighted by atomic mass is 79.9. The molecule has 0 unspecified atom stereocenters. The van der Waals surface area contributed by atoms with E-state index in [4.69, 9.17) is 23.2 Å². The van der Waals surface area contributed by atoms with E-state index in [1.165, 1.54) is 19.3 Å². The van der Waals surface area contributed by atoms with Gasteiger partial charge in [0, 0.05) is 24.1 Å². The molecule has 0 N–H and O–H groups in total. The lowest BCUT2D eigenvalue weighted by Crippen LogP contribution is -2.41. The van der Waals surface area contributed by atoms with Gasteiger partial charge in [-0.05, 0) is 31.7 Å². The molecule has 0 amide bonds. The van der Waals surface area contributed by atoms with E-state index < -0.39 is 0 Å². The van der Waals surface area contributed by atoms with E-state index in [-0.39, 0.29) is 0 Å². The van der Waals surface area contributed by atoms with E-state index in [1.807, 2.05) is 0 Å². The first kappa shape index (κ1) is 13.4. The molecule has 0 saturated heterocycles. The van der Waals surface area contributed by atoms with Gasteiger partial charge in [0.05, 0.1) is 10.0 Å². The highest BCUT2D eigenvalue weighted by Gasteiger charge is 2.26. The van der Waals surface area contributed by atoms with Crippen LogP contribution in [0.3, 0.4) is 0 Å². The summed E-state index contributed by atoms with van der Waals surface area (Å²) in [7, 11) is 0. The van der Waals surface area contributed by atoms with Crippen LogP contribution in [0.2, 0.25) is 10.0 Å². The number of halogens is 3. The van der Waals surface area contributed by atoms with Crippen LogP contribution in [-0.2, 0) is 0 Å². The minimum atomic E-state index is 0.591. The van der Waals surface area contributed by atoms with E-state index in [0.29, 0.717) is 16.1 Å². The second-order valence-electron chi connectivity index (χ2n) is 4.28. The molecule has 2 nitrogen and oxygen atoms in total. The Labute approximate surface area is 120 Å². The molecule has 1 aromatic rings. The van der Waals surface area contributed by atoms with Crippen molar-refractivity contribution in [2.45, 2.75) is 31.7 Å². The van der Waals surface area contributed by atoms with Crippen molar-refractivity contribution in [3.63, 3.8) is 0 Å². The predicted octanol–water partition coefficient (Wildman–Crippen LogP) is 4.53. The number of anilines is 1. The van der Waals surface area contributed by atoms with Crippen LogP contribution < -0.4 is 4.90 Å². The van der Waals surface area contributed by atoms with Gasteiger partial charge in [-0.3, -0.25) is 0 Å². The summed E-state index contributed by atoms with van der Waals surface area (Å²) in [4.78, 5) is 6.70. The molecule has 1 aromatic heterocycles. The average Bonchev–Trinajstić information content (AvgIpc) is 2.22. The monoisotopic (exact) mass is 336 g/mol. The molecular weight excluding hydrogens is 323 g/mol. The van der Waals surface area contributed by atoms with Gasteiger partial charge in [0.15, 0.2) is 0 Å². The summed E-state index contributed by atoms with van der Waals surface area (Å²) in [6.07, 6.45) is 6.55. The number of rotatable bonds is 5. The molecular formula is C12H15BrCl2N2. The summed E-state index contributed by atoms with van der Waals surface area (Å²) in [5.41, 5.74) is 0. The van der Waals surface area contributed by atoms with Crippen LogP contribution in [0.15, 0.2) is 12.3 Å². The van der Waals surface area contributed by atoms with Gasteiger partial charge in [-0.1, -0.05) is 39.1 Å². The normalized spacial score (nSPS) is 15.7. The first-order valence-corrected chi connectivity index (χ1v) is 7.73. The molecule has 1 saturated carbocycles.